The van der Waals surface area contributed by atoms with Gasteiger partial charge in [0, 0.05) is 10.2 Å². The van der Waals surface area contributed by atoms with Gasteiger partial charge in [-0.2, -0.15) is 8.42 Å². The third-order valence-electron chi connectivity index (χ3n) is 2.57. The molecule has 0 saturated carbocycles. The average molecular weight is 353 g/mol. The van der Waals surface area contributed by atoms with Gasteiger partial charge in [-0.3, -0.25) is 0 Å². The summed E-state index contributed by atoms with van der Waals surface area (Å²) in [6.07, 6.45) is 1.18. The Morgan fingerprint density at radius 3 is 2.50 bits per heavy atom. The first-order chi connectivity index (χ1) is 9.47. The lowest BCUT2D eigenvalue weighted by Gasteiger charge is -2.01. The van der Waals surface area contributed by atoms with E-state index in [1.807, 2.05) is 31.2 Å². The van der Waals surface area contributed by atoms with Crippen LogP contribution in [-0.4, -0.2) is 14.8 Å². The Balaban J connectivity index is 2.12. The van der Waals surface area contributed by atoms with Crippen molar-refractivity contribution in [1.82, 2.24) is 0 Å². The van der Waals surface area contributed by atoms with Gasteiger partial charge in [0.25, 0.3) is 10.0 Å². The van der Waals surface area contributed by atoms with E-state index in [9.17, 15) is 8.42 Å². The monoisotopic (exact) mass is 352 g/mol. The standard InChI is InChI=1S/C14H13BrN2O2S/c1-11-5-7-14(8-6-11)20(18,19)17-10-16-13-4-2-3-12(15)9-13/h2-10H,1H3,(H,16,17). The van der Waals surface area contributed by atoms with Crippen molar-refractivity contribution in [3.63, 3.8) is 0 Å². The Bertz CT molecular complexity index is 725. The van der Waals surface area contributed by atoms with Gasteiger partial charge in [-0.25, -0.2) is 0 Å². The highest BCUT2D eigenvalue weighted by Crippen LogP contribution is 2.16. The Labute approximate surface area is 126 Å². The zero-order valence-corrected chi connectivity index (χ0v) is 13.1. The molecule has 1 N–H and O–H groups in total. The van der Waals surface area contributed by atoms with Gasteiger partial charge >= 0.3 is 0 Å². The van der Waals surface area contributed by atoms with Crippen molar-refractivity contribution >= 4 is 38.0 Å². The van der Waals surface area contributed by atoms with Crippen LogP contribution in [0.5, 0.6) is 0 Å². The molecule has 0 saturated heterocycles. The van der Waals surface area contributed by atoms with Crippen LogP contribution in [0, 0.1) is 6.92 Å². The zero-order valence-electron chi connectivity index (χ0n) is 10.7. The first-order valence-corrected chi connectivity index (χ1v) is 8.08. The van der Waals surface area contributed by atoms with E-state index in [0.29, 0.717) is 0 Å². The number of aryl methyl sites for hydroxylation is 1. The van der Waals surface area contributed by atoms with Crippen molar-refractivity contribution in [2.75, 3.05) is 5.32 Å². The molecule has 0 aliphatic rings. The molecule has 0 aromatic heterocycles. The van der Waals surface area contributed by atoms with Crippen LogP contribution in [0.15, 0.2) is 62.3 Å². The second kappa shape index (κ2) is 6.19. The molecule has 0 aliphatic carbocycles. The first kappa shape index (κ1) is 14.7. The molecule has 2 aromatic carbocycles. The van der Waals surface area contributed by atoms with Crippen molar-refractivity contribution in [3.05, 3.63) is 58.6 Å². The van der Waals surface area contributed by atoms with Gasteiger partial charge < -0.3 is 5.32 Å². The number of nitrogens with zero attached hydrogens (tertiary/aromatic N) is 1. The van der Waals surface area contributed by atoms with Crippen LogP contribution >= 0.6 is 15.9 Å². The lowest BCUT2D eigenvalue weighted by atomic mass is 10.2. The van der Waals surface area contributed by atoms with Gasteiger partial charge in [0.05, 0.1) is 4.90 Å². The fourth-order valence-corrected chi connectivity index (χ4v) is 2.71. The summed E-state index contributed by atoms with van der Waals surface area (Å²) in [6.45, 7) is 1.90. The summed E-state index contributed by atoms with van der Waals surface area (Å²) < 4.78 is 28.4. The normalized spacial score (nSPS) is 11.7. The van der Waals surface area contributed by atoms with Crippen LogP contribution in [0.2, 0.25) is 0 Å². The molecule has 0 unspecified atom stereocenters. The second-order valence-electron chi connectivity index (χ2n) is 4.18. The number of hydrogen-bond acceptors (Lipinski definition) is 2. The maximum atomic E-state index is 12.0. The molecule has 104 valence electrons. The third kappa shape index (κ3) is 3.91. The molecule has 4 nitrogen and oxygen atoms in total. The molecule has 6 heteroatoms. The largest absolute Gasteiger partial charge is 0.346 e. The Hall–Kier alpha value is -1.66. The maximum absolute atomic E-state index is 12.0. The van der Waals surface area contributed by atoms with Crippen molar-refractivity contribution < 1.29 is 8.42 Å². The molecule has 0 aliphatic heterocycles. The van der Waals surface area contributed by atoms with Gasteiger partial charge in [0.2, 0.25) is 0 Å². The second-order valence-corrected chi connectivity index (χ2v) is 6.73. The molecule has 0 spiro atoms. The molecule has 0 heterocycles. The molecule has 0 bridgehead atoms. The van der Waals surface area contributed by atoms with E-state index < -0.39 is 10.0 Å². The maximum Gasteiger partial charge on any atom is 0.283 e. The summed E-state index contributed by atoms with van der Waals surface area (Å²) in [4.78, 5) is 0.176. The summed E-state index contributed by atoms with van der Waals surface area (Å²) in [5.41, 5.74) is 1.75. The number of halogens is 1. The number of anilines is 1. The summed E-state index contributed by atoms with van der Waals surface area (Å²) in [7, 11) is -3.66. The molecule has 0 fully saturated rings. The van der Waals surface area contributed by atoms with Gasteiger partial charge in [0.15, 0.2) is 0 Å². The SMILES string of the molecule is Cc1ccc(S(=O)(=O)N=CNc2cccc(Br)c2)cc1. The number of rotatable bonds is 4. The predicted octanol–water partition coefficient (Wildman–Crippen LogP) is 3.59. The predicted molar refractivity (Wildman–Crippen MR) is 84.6 cm³/mol. The van der Waals surface area contributed by atoms with Crippen molar-refractivity contribution in [1.29, 1.82) is 0 Å². The minimum atomic E-state index is -3.66. The van der Waals surface area contributed by atoms with Crippen LogP contribution in [0.25, 0.3) is 0 Å². The van der Waals surface area contributed by atoms with E-state index in [4.69, 9.17) is 0 Å². The molecule has 0 radical (unpaired) electrons. The summed E-state index contributed by atoms with van der Waals surface area (Å²) >= 11 is 3.33. The fraction of sp³-hybridized carbons (Fsp3) is 0.0714. The van der Waals surface area contributed by atoms with Crippen molar-refractivity contribution in [3.8, 4) is 0 Å². The van der Waals surface area contributed by atoms with Gasteiger partial charge in [0.1, 0.15) is 6.34 Å². The van der Waals surface area contributed by atoms with E-state index in [1.54, 1.807) is 24.3 Å². The molecular weight excluding hydrogens is 340 g/mol. The number of sulfonamides is 1. The molecule has 2 aromatic rings. The smallest absolute Gasteiger partial charge is 0.283 e. The molecule has 2 rings (SSSR count). The van der Waals surface area contributed by atoms with Crippen LogP contribution in [-0.2, 0) is 10.0 Å². The molecule has 20 heavy (non-hydrogen) atoms. The van der Waals surface area contributed by atoms with Gasteiger partial charge in [-0.15, -0.1) is 4.40 Å². The van der Waals surface area contributed by atoms with Crippen LogP contribution in [0.1, 0.15) is 5.56 Å². The highest BCUT2D eigenvalue weighted by Gasteiger charge is 2.10. The summed E-state index contributed by atoms with van der Waals surface area (Å²) in [5.74, 6) is 0. The first-order valence-electron chi connectivity index (χ1n) is 5.85. The Morgan fingerprint density at radius 1 is 1.15 bits per heavy atom. The van der Waals surface area contributed by atoms with E-state index in [0.717, 1.165) is 15.7 Å². The minimum absolute atomic E-state index is 0.176. The number of benzene rings is 2. The van der Waals surface area contributed by atoms with E-state index in [2.05, 4.69) is 25.6 Å². The molecular formula is C14H13BrN2O2S. The zero-order chi connectivity index (χ0) is 14.6. The number of nitrogens with one attached hydrogen (secondary N) is 1. The molecule has 0 atom stereocenters. The quantitative estimate of drug-likeness (QED) is 0.675. The number of hydrogen-bond donors (Lipinski definition) is 1. The van der Waals surface area contributed by atoms with Crippen molar-refractivity contribution in [2.45, 2.75) is 11.8 Å². The fourth-order valence-electron chi connectivity index (χ4n) is 1.52. The topological polar surface area (TPSA) is 58.5 Å². The average Bonchev–Trinajstić information content (AvgIpc) is 2.39. The van der Waals surface area contributed by atoms with Gasteiger partial charge in [-0.1, -0.05) is 39.7 Å². The third-order valence-corrected chi connectivity index (χ3v) is 4.31. The van der Waals surface area contributed by atoms with Crippen LogP contribution in [0.4, 0.5) is 5.69 Å². The summed E-state index contributed by atoms with van der Waals surface area (Å²) in [5, 5.41) is 2.82. The Morgan fingerprint density at radius 2 is 1.85 bits per heavy atom. The van der Waals surface area contributed by atoms with Crippen LogP contribution in [0.3, 0.4) is 0 Å². The van der Waals surface area contributed by atoms with Crippen LogP contribution < -0.4 is 5.32 Å². The summed E-state index contributed by atoms with van der Waals surface area (Å²) in [6, 6.07) is 13.9. The van der Waals surface area contributed by atoms with Gasteiger partial charge in [-0.05, 0) is 37.3 Å². The van der Waals surface area contributed by atoms with E-state index in [-0.39, 0.29) is 4.90 Å². The molecule has 0 amide bonds. The highest BCUT2D eigenvalue weighted by atomic mass is 79.9. The van der Waals surface area contributed by atoms with Crippen molar-refractivity contribution in [2.24, 2.45) is 4.40 Å². The lowest BCUT2D eigenvalue weighted by Crippen LogP contribution is -2.01. The van der Waals surface area contributed by atoms with E-state index >= 15 is 0 Å². The lowest BCUT2D eigenvalue weighted by molar-refractivity contribution is 0.598. The minimum Gasteiger partial charge on any atom is -0.346 e. The van der Waals surface area contributed by atoms with E-state index in [1.165, 1.54) is 6.34 Å². The Kier molecular flexibility index (Phi) is 4.57. The highest BCUT2D eigenvalue weighted by molar-refractivity contribution is 9.10.